The van der Waals surface area contributed by atoms with Crippen molar-refractivity contribution >= 4 is 13.7 Å². The lowest BCUT2D eigenvalue weighted by Crippen LogP contribution is -2.37. The molecule has 176 valence electrons. The molecule has 0 saturated carbocycles. The maximum atomic E-state index is 14.1. The molecule has 0 aliphatic heterocycles. The number of ether oxygens (including phenoxy) is 1. The summed E-state index contributed by atoms with van der Waals surface area (Å²) in [6.45, 7) is 4.69. The third kappa shape index (κ3) is 6.20. The van der Waals surface area contributed by atoms with Crippen molar-refractivity contribution in [3.8, 4) is 11.5 Å². The van der Waals surface area contributed by atoms with Gasteiger partial charge in [-0.2, -0.15) is 13.9 Å². The monoisotopic (exact) mass is 481 g/mol. The maximum absolute atomic E-state index is 14.1. The Kier molecular flexibility index (Phi) is 8.63. The predicted molar refractivity (Wildman–Crippen MR) is 105 cm³/mol. The summed E-state index contributed by atoms with van der Waals surface area (Å²) in [6, 6.07) is 5.69. The highest BCUT2D eigenvalue weighted by molar-refractivity contribution is 7.52. The predicted octanol–water partition coefficient (Wildman–Crippen LogP) is 5.66. The van der Waals surface area contributed by atoms with Crippen LogP contribution in [0.5, 0.6) is 11.5 Å². The molecule has 1 N–H and O–H groups in total. The van der Waals surface area contributed by atoms with Crippen LogP contribution in [0.2, 0.25) is 0 Å². The first-order chi connectivity index (χ1) is 15.0. The lowest BCUT2D eigenvalue weighted by Gasteiger charge is -2.24. The first-order valence-electron chi connectivity index (χ1n) is 9.53. The molecule has 2 rings (SSSR count). The molecule has 0 saturated heterocycles. The van der Waals surface area contributed by atoms with Gasteiger partial charge in [-0.05, 0) is 32.4 Å². The van der Waals surface area contributed by atoms with Crippen LogP contribution >= 0.6 is 7.75 Å². The van der Waals surface area contributed by atoms with Crippen molar-refractivity contribution in [1.82, 2.24) is 5.09 Å². The van der Waals surface area contributed by atoms with Crippen LogP contribution in [0, 0.1) is 29.1 Å². The van der Waals surface area contributed by atoms with E-state index in [2.05, 4.69) is 9.61 Å². The minimum atomic E-state index is -4.93. The topological polar surface area (TPSA) is 73.9 Å². The molecule has 0 aliphatic rings. The summed E-state index contributed by atoms with van der Waals surface area (Å²) >= 11 is 0. The fourth-order valence-electron chi connectivity index (χ4n) is 2.53. The first-order valence-corrected chi connectivity index (χ1v) is 11.1. The molecule has 12 heteroatoms. The van der Waals surface area contributed by atoms with Gasteiger partial charge in [0.2, 0.25) is 34.8 Å². The van der Waals surface area contributed by atoms with Crippen LogP contribution in [0.1, 0.15) is 33.6 Å². The molecule has 2 aromatic rings. The standard InChI is InChI=1S/C20H21F5NO5P/c1-4-8-11(2)29-20(27)12(3)26-32(28,30-13-9-6-5-7-10-13)31-19-17(24)15(22)14(21)16(23)18(19)25/h5-7,9-12H,4,8H2,1-3H3,(H,26,28)/t11-,12?,32-/m0/s1. The number of rotatable bonds is 10. The zero-order valence-corrected chi connectivity index (χ0v) is 18.2. The van der Waals surface area contributed by atoms with Gasteiger partial charge in [0.15, 0.2) is 0 Å². The second-order valence-corrected chi connectivity index (χ2v) is 8.40. The van der Waals surface area contributed by atoms with Crippen molar-refractivity contribution in [3.05, 3.63) is 59.4 Å². The minimum absolute atomic E-state index is 0.132. The van der Waals surface area contributed by atoms with E-state index in [9.17, 15) is 31.3 Å². The molecule has 3 atom stereocenters. The zero-order chi connectivity index (χ0) is 24.1. The van der Waals surface area contributed by atoms with Crippen molar-refractivity contribution in [1.29, 1.82) is 0 Å². The van der Waals surface area contributed by atoms with E-state index in [0.29, 0.717) is 6.42 Å². The van der Waals surface area contributed by atoms with E-state index < -0.39 is 60.7 Å². The summed E-state index contributed by atoms with van der Waals surface area (Å²) in [5, 5.41) is 2.11. The summed E-state index contributed by atoms with van der Waals surface area (Å²) in [4.78, 5) is 12.3. The van der Waals surface area contributed by atoms with Gasteiger partial charge in [-0.3, -0.25) is 4.79 Å². The normalized spacial score (nSPS) is 14.9. The van der Waals surface area contributed by atoms with Gasteiger partial charge in [0, 0.05) is 0 Å². The van der Waals surface area contributed by atoms with Gasteiger partial charge in [-0.1, -0.05) is 31.5 Å². The zero-order valence-electron chi connectivity index (χ0n) is 17.3. The van der Waals surface area contributed by atoms with Crippen LogP contribution in [0.15, 0.2) is 30.3 Å². The Morgan fingerprint density at radius 3 is 2.00 bits per heavy atom. The quantitative estimate of drug-likeness (QED) is 0.155. The second kappa shape index (κ2) is 10.8. The maximum Gasteiger partial charge on any atom is 0.513 e. The molecule has 2 aromatic carbocycles. The van der Waals surface area contributed by atoms with Crippen LogP contribution in [-0.2, 0) is 14.1 Å². The van der Waals surface area contributed by atoms with E-state index in [0.717, 1.165) is 6.42 Å². The van der Waals surface area contributed by atoms with E-state index >= 15 is 0 Å². The number of para-hydroxylation sites is 1. The van der Waals surface area contributed by atoms with Crippen LogP contribution < -0.4 is 14.1 Å². The third-order valence-corrected chi connectivity index (χ3v) is 5.65. The van der Waals surface area contributed by atoms with E-state index in [4.69, 9.17) is 9.26 Å². The van der Waals surface area contributed by atoms with Gasteiger partial charge in [0.25, 0.3) is 0 Å². The summed E-state index contributed by atoms with van der Waals surface area (Å²) in [7, 11) is -4.93. The number of halogens is 5. The highest BCUT2D eigenvalue weighted by Gasteiger charge is 2.38. The van der Waals surface area contributed by atoms with Crippen LogP contribution in [0.25, 0.3) is 0 Å². The Bertz CT molecular complexity index is 979. The Labute approximate surface area is 181 Å². The van der Waals surface area contributed by atoms with E-state index in [1.807, 2.05) is 6.92 Å². The molecule has 0 aromatic heterocycles. The lowest BCUT2D eigenvalue weighted by molar-refractivity contribution is -0.150. The van der Waals surface area contributed by atoms with E-state index in [1.165, 1.54) is 31.2 Å². The highest BCUT2D eigenvalue weighted by Crippen LogP contribution is 2.47. The smallest absolute Gasteiger partial charge is 0.462 e. The molecule has 0 amide bonds. The Hall–Kier alpha value is -2.65. The molecule has 0 radical (unpaired) electrons. The molecule has 0 aliphatic carbocycles. The lowest BCUT2D eigenvalue weighted by atomic mass is 10.2. The summed E-state index contributed by atoms with van der Waals surface area (Å²) in [5.74, 6) is -14.6. The van der Waals surface area contributed by atoms with Crippen LogP contribution in [0.4, 0.5) is 22.0 Å². The van der Waals surface area contributed by atoms with Crippen molar-refractivity contribution in [2.24, 2.45) is 0 Å². The number of carbonyl (C=O) groups excluding carboxylic acids is 1. The van der Waals surface area contributed by atoms with E-state index in [-0.39, 0.29) is 5.75 Å². The SMILES string of the molecule is CCC[C@H](C)OC(=O)C(C)N[P@](=O)(Oc1ccccc1)Oc1c(F)c(F)c(F)c(F)c1F. The third-order valence-electron chi connectivity index (χ3n) is 4.07. The number of benzene rings is 2. The largest absolute Gasteiger partial charge is 0.513 e. The number of hydrogen-bond donors (Lipinski definition) is 1. The van der Waals surface area contributed by atoms with Crippen molar-refractivity contribution < 1.29 is 45.1 Å². The molecule has 0 heterocycles. The van der Waals surface area contributed by atoms with Crippen LogP contribution in [-0.4, -0.2) is 18.1 Å². The fourth-order valence-corrected chi connectivity index (χ4v) is 4.05. The van der Waals surface area contributed by atoms with Gasteiger partial charge < -0.3 is 13.8 Å². The van der Waals surface area contributed by atoms with Gasteiger partial charge in [0.1, 0.15) is 11.8 Å². The van der Waals surface area contributed by atoms with Gasteiger partial charge in [-0.25, -0.2) is 17.7 Å². The molecule has 0 spiro atoms. The van der Waals surface area contributed by atoms with Crippen molar-refractivity contribution in [2.75, 3.05) is 0 Å². The highest BCUT2D eigenvalue weighted by atomic mass is 31.2. The summed E-state index contributed by atoms with van der Waals surface area (Å²) in [5.41, 5.74) is 0. The molecule has 0 bridgehead atoms. The minimum Gasteiger partial charge on any atom is -0.462 e. The van der Waals surface area contributed by atoms with Gasteiger partial charge in [-0.15, -0.1) is 0 Å². The molecule has 0 fully saturated rings. The molecular weight excluding hydrogens is 460 g/mol. The van der Waals surface area contributed by atoms with Crippen molar-refractivity contribution in [2.45, 2.75) is 45.8 Å². The molecular formula is C20H21F5NO5P. The number of hydrogen-bond acceptors (Lipinski definition) is 5. The average molecular weight is 481 g/mol. The van der Waals surface area contributed by atoms with Crippen molar-refractivity contribution in [3.63, 3.8) is 0 Å². The Balaban J connectivity index is 2.39. The summed E-state index contributed by atoms with van der Waals surface area (Å²) in [6.07, 6.45) is 0.773. The summed E-state index contributed by atoms with van der Waals surface area (Å²) < 4.78 is 96.8. The van der Waals surface area contributed by atoms with Gasteiger partial charge in [0.05, 0.1) is 6.10 Å². The number of nitrogens with one attached hydrogen (secondary N) is 1. The molecule has 6 nitrogen and oxygen atoms in total. The van der Waals surface area contributed by atoms with Crippen LogP contribution in [0.3, 0.4) is 0 Å². The average Bonchev–Trinajstić information content (AvgIpc) is 2.74. The van der Waals surface area contributed by atoms with Gasteiger partial charge >= 0.3 is 13.7 Å². The molecule has 32 heavy (non-hydrogen) atoms. The first kappa shape index (κ1) is 25.6. The second-order valence-electron chi connectivity index (χ2n) is 6.78. The molecule has 1 unspecified atom stereocenters. The fraction of sp³-hybridized carbons (Fsp3) is 0.350. The Morgan fingerprint density at radius 2 is 1.47 bits per heavy atom. The number of carbonyl (C=O) groups is 1. The number of esters is 1. The van der Waals surface area contributed by atoms with E-state index in [1.54, 1.807) is 13.0 Å². The Morgan fingerprint density at radius 1 is 0.938 bits per heavy atom.